The normalized spacial score (nSPS) is 10.2. The molecule has 1 aromatic heterocycles. The van der Waals surface area contributed by atoms with Crippen molar-refractivity contribution in [1.82, 2.24) is 14.8 Å². The van der Waals surface area contributed by atoms with E-state index in [9.17, 15) is 14.9 Å². The molecule has 0 fully saturated rings. The van der Waals surface area contributed by atoms with E-state index in [1.165, 1.54) is 36.3 Å². The molecule has 0 aliphatic carbocycles. The molecule has 0 amide bonds. The van der Waals surface area contributed by atoms with Gasteiger partial charge in [-0.25, -0.2) is 14.5 Å². The fourth-order valence-corrected chi connectivity index (χ4v) is 2.11. The number of benzene rings is 1. The molecule has 0 spiro atoms. The van der Waals surface area contributed by atoms with Gasteiger partial charge in [-0.15, -0.1) is 5.10 Å². The van der Waals surface area contributed by atoms with Crippen LogP contribution in [0.1, 0.15) is 10.6 Å². The van der Waals surface area contributed by atoms with E-state index in [-0.39, 0.29) is 11.5 Å². The molecule has 0 radical (unpaired) electrons. The summed E-state index contributed by atoms with van der Waals surface area (Å²) in [5.74, 6) is -0.715. The van der Waals surface area contributed by atoms with Crippen molar-refractivity contribution in [3.8, 4) is 5.69 Å². The number of nitrogens with zero attached hydrogens (tertiary/aromatic N) is 4. The summed E-state index contributed by atoms with van der Waals surface area (Å²) >= 11 is 1.95. The van der Waals surface area contributed by atoms with Gasteiger partial charge in [-0.2, -0.15) is 0 Å². The maximum Gasteiger partial charge on any atom is 0.377 e. The van der Waals surface area contributed by atoms with Crippen molar-refractivity contribution >= 4 is 34.2 Å². The minimum absolute atomic E-state index is 0.0125. The molecule has 2 aromatic rings. The lowest BCUT2D eigenvalue weighted by Crippen LogP contribution is -2.05. The maximum atomic E-state index is 11.2. The van der Waals surface area contributed by atoms with Gasteiger partial charge in [0, 0.05) is 15.7 Å². The quantitative estimate of drug-likeness (QED) is 0.350. The Kier molecular flexibility index (Phi) is 3.74. The fraction of sp³-hybridized carbons (Fsp3) is 0.100. The van der Waals surface area contributed by atoms with Crippen LogP contribution in [0.4, 0.5) is 5.69 Å². The zero-order valence-corrected chi connectivity index (χ0v) is 11.8. The molecule has 0 N–H and O–H groups in total. The third-order valence-corrected chi connectivity index (χ3v) is 3.11. The van der Waals surface area contributed by atoms with Crippen molar-refractivity contribution in [2.75, 3.05) is 7.11 Å². The highest BCUT2D eigenvalue weighted by Gasteiger charge is 2.15. The van der Waals surface area contributed by atoms with Gasteiger partial charge in [0.15, 0.2) is 0 Å². The molecule has 19 heavy (non-hydrogen) atoms. The Balaban J connectivity index is 2.39. The van der Waals surface area contributed by atoms with Crippen LogP contribution in [-0.4, -0.2) is 32.8 Å². The molecule has 1 aromatic carbocycles. The summed E-state index contributed by atoms with van der Waals surface area (Å²) < 4.78 is 6.48. The van der Waals surface area contributed by atoms with Gasteiger partial charge in [-0.05, 0) is 28.7 Å². The Labute approximate surface area is 120 Å². The van der Waals surface area contributed by atoms with Gasteiger partial charge in [-0.3, -0.25) is 10.1 Å². The van der Waals surface area contributed by atoms with Crippen molar-refractivity contribution in [2.45, 2.75) is 0 Å². The lowest BCUT2D eigenvalue weighted by molar-refractivity contribution is -0.384. The van der Waals surface area contributed by atoms with E-state index >= 15 is 0 Å². The summed E-state index contributed by atoms with van der Waals surface area (Å²) in [5.41, 5.74) is 0.579. The second-order valence-electron chi connectivity index (χ2n) is 3.40. The Bertz CT molecular complexity index is 655. The summed E-state index contributed by atoms with van der Waals surface area (Å²) in [7, 11) is 1.23. The average molecular weight is 374 g/mol. The molecule has 8 nitrogen and oxygen atoms in total. The third kappa shape index (κ3) is 2.70. The number of non-ortho nitro benzene ring substituents is 1. The van der Waals surface area contributed by atoms with Gasteiger partial charge in [0.25, 0.3) is 11.5 Å². The molecule has 0 atom stereocenters. The van der Waals surface area contributed by atoms with E-state index in [4.69, 9.17) is 0 Å². The fourth-order valence-electron chi connectivity index (χ4n) is 1.36. The largest absolute Gasteiger partial charge is 0.463 e. The zero-order chi connectivity index (χ0) is 14.0. The highest BCUT2D eigenvalue weighted by molar-refractivity contribution is 14.1. The first-order valence-corrected chi connectivity index (χ1v) is 6.05. The van der Waals surface area contributed by atoms with Crippen molar-refractivity contribution in [1.29, 1.82) is 0 Å². The Morgan fingerprint density at radius 1 is 1.53 bits per heavy atom. The summed E-state index contributed by atoms with van der Waals surface area (Å²) in [6.45, 7) is 0. The number of aromatic nitrogens is 3. The molecule has 2 rings (SSSR count). The van der Waals surface area contributed by atoms with E-state index in [2.05, 4.69) is 14.8 Å². The number of hydrogen-bond acceptors (Lipinski definition) is 6. The Hall–Kier alpha value is -2.04. The third-order valence-electron chi connectivity index (χ3n) is 2.25. The first kappa shape index (κ1) is 13.4. The van der Waals surface area contributed by atoms with Crippen LogP contribution in [0.3, 0.4) is 0 Å². The summed E-state index contributed by atoms with van der Waals surface area (Å²) in [5, 5.41) is 14.6. The SMILES string of the molecule is COC(=O)c1ncn(-c2ccc([N+](=O)[O-])cc2I)n1. The summed E-state index contributed by atoms with van der Waals surface area (Å²) in [6, 6.07) is 4.31. The first-order valence-electron chi connectivity index (χ1n) is 4.97. The van der Waals surface area contributed by atoms with E-state index < -0.39 is 10.9 Å². The van der Waals surface area contributed by atoms with E-state index in [1.54, 1.807) is 0 Å². The predicted molar refractivity (Wildman–Crippen MR) is 72.1 cm³/mol. The molecular weight excluding hydrogens is 367 g/mol. The van der Waals surface area contributed by atoms with Crippen LogP contribution < -0.4 is 0 Å². The molecule has 0 saturated carbocycles. The average Bonchev–Trinajstić information content (AvgIpc) is 2.87. The topological polar surface area (TPSA) is 100 Å². The number of nitro groups is 1. The predicted octanol–water partition coefficient (Wildman–Crippen LogP) is 1.57. The first-order chi connectivity index (χ1) is 9.02. The minimum atomic E-state index is -0.643. The maximum absolute atomic E-state index is 11.2. The van der Waals surface area contributed by atoms with Crippen LogP contribution in [0.25, 0.3) is 5.69 Å². The monoisotopic (exact) mass is 374 g/mol. The second kappa shape index (κ2) is 5.30. The smallest absolute Gasteiger partial charge is 0.377 e. The van der Waals surface area contributed by atoms with Crippen LogP contribution in [-0.2, 0) is 4.74 Å². The number of methoxy groups -OCH3 is 1. The number of carbonyl (C=O) groups excluding carboxylic acids is 1. The standard InChI is InChI=1S/C10H7IN4O4/c1-19-10(16)9-12-5-14(13-9)8-3-2-6(15(17)18)4-7(8)11/h2-5H,1H3. The molecule has 0 bridgehead atoms. The van der Waals surface area contributed by atoms with E-state index in [0.29, 0.717) is 9.26 Å². The van der Waals surface area contributed by atoms with Crippen LogP contribution >= 0.6 is 22.6 Å². The molecule has 0 aliphatic rings. The van der Waals surface area contributed by atoms with Gasteiger partial charge >= 0.3 is 5.97 Å². The van der Waals surface area contributed by atoms with Gasteiger partial charge < -0.3 is 4.74 Å². The van der Waals surface area contributed by atoms with Gasteiger partial charge in [-0.1, -0.05) is 0 Å². The molecule has 9 heteroatoms. The number of esters is 1. The van der Waals surface area contributed by atoms with Crippen LogP contribution in [0.2, 0.25) is 0 Å². The molecule has 0 aliphatic heterocycles. The molecule has 0 saturated heterocycles. The number of halogens is 1. The zero-order valence-electron chi connectivity index (χ0n) is 9.61. The highest BCUT2D eigenvalue weighted by Crippen LogP contribution is 2.22. The lowest BCUT2D eigenvalue weighted by atomic mass is 10.3. The van der Waals surface area contributed by atoms with E-state index in [0.717, 1.165) is 0 Å². The number of hydrogen-bond donors (Lipinski definition) is 0. The van der Waals surface area contributed by atoms with Gasteiger partial charge in [0.05, 0.1) is 17.7 Å². The van der Waals surface area contributed by atoms with E-state index in [1.807, 2.05) is 22.6 Å². The lowest BCUT2D eigenvalue weighted by Gasteiger charge is -2.03. The number of nitro benzene ring substituents is 1. The summed E-state index contributed by atoms with van der Waals surface area (Å²) in [4.78, 5) is 25.2. The van der Waals surface area contributed by atoms with Crippen molar-refractivity contribution in [3.63, 3.8) is 0 Å². The highest BCUT2D eigenvalue weighted by atomic mass is 127. The Morgan fingerprint density at radius 2 is 2.26 bits per heavy atom. The number of carbonyl (C=O) groups is 1. The molecule has 98 valence electrons. The van der Waals surface area contributed by atoms with Crippen molar-refractivity contribution < 1.29 is 14.5 Å². The minimum Gasteiger partial charge on any atom is -0.463 e. The van der Waals surface area contributed by atoms with Crippen LogP contribution in [0.5, 0.6) is 0 Å². The van der Waals surface area contributed by atoms with Crippen LogP contribution in [0.15, 0.2) is 24.5 Å². The second-order valence-corrected chi connectivity index (χ2v) is 4.56. The van der Waals surface area contributed by atoms with Gasteiger partial charge in [0.1, 0.15) is 6.33 Å². The van der Waals surface area contributed by atoms with Crippen molar-refractivity contribution in [2.24, 2.45) is 0 Å². The molecule has 0 unspecified atom stereocenters. The summed E-state index contributed by atoms with van der Waals surface area (Å²) in [6.07, 6.45) is 1.34. The molecule has 1 heterocycles. The van der Waals surface area contributed by atoms with Crippen LogP contribution in [0, 0.1) is 13.7 Å². The van der Waals surface area contributed by atoms with Gasteiger partial charge in [0.2, 0.25) is 0 Å². The van der Waals surface area contributed by atoms with Crippen molar-refractivity contribution in [3.05, 3.63) is 44.0 Å². The number of ether oxygens (including phenoxy) is 1. The number of rotatable bonds is 3. The Morgan fingerprint density at radius 3 is 2.84 bits per heavy atom. The molecular formula is C10H7IN4O4.